The summed E-state index contributed by atoms with van der Waals surface area (Å²) in [6.07, 6.45) is 4.49. The van der Waals surface area contributed by atoms with Crippen LogP contribution >= 0.6 is 11.8 Å². The molecular weight excluding hydrogens is 232 g/mol. The van der Waals surface area contributed by atoms with E-state index in [-0.39, 0.29) is 0 Å². The molecule has 17 heavy (non-hydrogen) atoms. The van der Waals surface area contributed by atoms with Crippen molar-refractivity contribution < 1.29 is 5.11 Å². The van der Waals surface area contributed by atoms with Crippen LogP contribution in [0.25, 0.3) is 0 Å². The highest BCUT2D eigenvalue weighted by Gasteiger charge is 2.18. The van der Waals surface area contributed by atoms with Gasteiger partial charge in [-0.15, -0.1) is 0 Å². The Labute approximate surface area is 108 Å². The second kappa shape index (κ2) is 6.87. The van der Waals surface area contributed by atoms with Gasteiger partial charge in [-0.3, -0.25) is 0 Å². The number of hydrogen-bond acceptors (Lipinski definition) is 4. The van der Waals surface area contributed by atoms with Crippen molar-refractivity contribution in [2.45, 2.75) is 32.4 Å². The summed E-state index contributed by atoms with van der Waals surface area (Å²) in [5, 5.41) is 9.77. The minimum atomic E-state index is -0.479. The van der Waals surface area contributed by atoms with Crippen LogP contribution in [-0.4, -0.2) is 35.2 Å². The number of pyridine rings is 1. The Bertz CT molecular complexity index is 344. The number of rotatable bonds is 6. The molecule has 2 unspecified atom stereocenters. The fourth-order valence-corrected chi connectivity index (χ4v) is 2.74. The molecule has 1 aromatic rings. The maximum atomic E-state index is 9.77. The van der Waals surface area contributed by atoms with Crippen molar-refractivity contribution in [3.8, 4) is 0 Å². The summed E-state index contributed by atoms with van der Waals surface area (Å²) in [5.74, 6) is 1.96. The monoisotopic (exact) mass is 254 g/mol. The zero-order valence-corrected chi connectivity index (χ0v) is 11.9. The van der Waals surface area contributed by atoms with E-state index in [1.165, 1.54) is 0 Å². The van der Waals surface area contributed by atoms with Crippen molar-refractivity contribution in [2.75, 3.05) is 24.0 Å². The topological polar surface area (TPSA) is 36.4 Å². The number of aromatic nitrogens is 1. The normalized spacial score (nSPS) is 14.4. The Morgan fingerprint density at radius 2 is 2.24 bits per heavy atom. The van der Waals surface area contributed by atoms with Crippen LogP contribution in [0, 0.1) is 0 Å². The summed E-state index contributed by atoms with van der Waals surface area (Å²) in [6, 6.07) is 4.27. The Kier molecular flexibility index (Phi) is 5.78. The summed E-state index contributed by atoms with van der Waals surface area (Å²) >= 11 is 1.84. The van der Waals surface area contributed by atoms with Crippen molar-refractivity contribution in [1.29, 1.82) is 0 Å². The predicted molar refractivity (Wildman–Crippen MR) is 75.7 cm³/mol. The number of hydrogen-bond donors (Lipinski definition) is 1. The van der Waals surface area contributed by atoms with Gasteiger partial charge in [0.25, 0.3) is 0 Å². The van der Waals surface area contributed by atoms with Crippen LogP contribution in [0.4, 0.5) is 5.82 Å². The number of anilines is 1. The molecule has 0 aliphatic carbocycles. The zero-order valence-electron chi connectivity index (χ0n) is 11.1. The van der Waals surface area contributed by atoms with Crippen LogP contribution in [0.5, 0.6) is 0 Å². The molecule has 0 spiro atoms. The summed E-state index contributed by atoms with van der Waals surface area (Å²) < 4.78 is 0. The molecule has 0 saturated carbocycles. The molecule has 96 valence electrons. The lowest BCUT2D eigenvalue weighted by Gasteiger charge is -2.30. The fourth-order valence-electron chi connectivity index (χ4n) is 1.90. The van der Waals surface area contributed by atoms with E-state index in [2.05, 4.69) is 30.1 Å². The van der Waals surface area contributed by atoms with Crippen molar-refractivity contribution in [2.24, 2.45) is 0 Å². The predicted octanol–water partition coefficient (Wildman–Crippen LogP) is 2.71. The van der Waals surface area contributed by atoms with Crippen LogP contribution in [0.15, 0.2) is 18.3 Å². The number of thioether (sulfide) groups is 1. The van der Waals surface area contributed by atoms with Gasteiger partial charge >= 0.3 is 0 Å². The van der Waals surface area contributed by atoms with Gasteiger partial charge in [0.05, 0.1) is 6.10 Å². The molecule has 0 bridgehead atoms. The molecule has 1 rings (SSSR count). The SMILES string of the molecule is CCC(CSC)N(C)c1ncccc1C(C)O. The first kappa shape index (κ1) is 14.3. The first-order chi connectivity index (χ1) is 8.11. The van der Waals surface area contributed by atoms with Gasteiger partial charge < -0.3 is 10.0 Å². The van der Waals surface area contributed by atoms with Crippen LogP contribution < -0.4 is 4.90 Å². The average molecular weight is 254 g/mol. The Hall–Kier alpha value is -0.740. The second-order valence-corrected chi connectivity index (χ2v) is 5.13. The minimum Gasteiger partial charge on any atom is -0.389 e. The lowest BCUT2D eigenvalue weighted by molar-refractivity contribution is 0.199. The third-order valence-electron chi connectivity index (χ3n) is 2.98. The van der Waals surface area contributed by atoms with Gasteiger partial charge in [0, 0.05) is 30.6 Å². The molecular formula is C13H22N2OS. The van der Waals surface area contributed by atoms with E-state index in [1.54, 1.807) is 13.1 Å². The van der Waals surface area contributed by atoms with Crippen molar-refractivity contribution in [3.63, 3.8) is 0 Å². The van der Waals surface area contributed by atoms with Crippen LogP contribution in [-0.2, 0) is 0 Å². The summed E-state index contributed by atoms with van der Waals surface area (Å²) in [7, 11) is 2.05. The van der Waals surface area contributed by atoms with Gasteiger partial charge in [-0.2, -0.15) is 11.8 Å². The molecule has 0 fully saturated rings. The smallest absolute Gasteiger partial charge is 0.134 e. The quantitative estimate of drug-likeness (QED) is 0.847. The molecule has 0 aliphatic rings. The fraction of sp³-hybridized carbons (Fsp3) is 0.615. The molecule has 0 amide bonds. The summed E-state index contributed by atoms with van der Waals surface area (Å²) in [6.45, 7) is 3.96. The minimum absolute atomic E-state index is 0.456. The molecule has 1 heterocycles. The molecule has 0 saturated heterocycles. The number of aliphatic hydroxyl groups is 1. The van der Waals surface area contributed by atoms with E-state index in [0.717, 1.165) is 23.6 Å². The lowest BCUT2D eigenvalue weighted by Crippen LogP contribution is -2.34. The largest absolute Gasteiger partial charge is 0.389 e. The van der Waals surface area contributed by atoms with Gasteiger partial charge in [0.2, 0.25) is 0 Å². The third-order valence-corrected chi connectivity index (χ3v) is 3.70. The van der Waals surface area contributed by atoms with E-state index in [4.69, 9.17) is 0 Å². The third kappa shape index (κ3) is 3.61. The molecule has 4 heteroatoms. The molecule has 3 nitrogen and oxygen atoms in total. The molecule has 1 aromatic heterocycles. The highest BCUT2D eigenvalue weighted by atomic mass is 32.2. The van der Waals surface area contributed by atoms with E-state index in [9.17, 15) is 5.11 Å². The lowest BCUT2D eigenvalue weighted by atomic mass is 10.1. The van der Waals surface area contributed by atoms with Crippen molar-refractivity contribution >= 4 is 17.6 Å². The Morgan fingerprint density at radius 1 is 1.53 bits per heavy atom. The van der Waals surface area contributed by atoms with Gasteiger partial charge in [-0.05, 0) is 25.7 Å². The zero-order chi connectivity index (χ0) is 12.8. The van der Waals surface area contributed by atoms with E-state index in [0.29, 0.717) is 6.04 Å². The van der Waals surface area contributed by atoms with Crippen LogP contribution in [0.3, 0.4) is 0 Å². The van der Waals surface area contributed by atoms with Crippen LogP contribution in [0.1, 0.15) is 31.9 Å². The highest BCUT2D eigenvalue weighted by Crippen LogP contribution is 2.25. The molecule has 0 radical (unpaired) electrons. The molecule has 0 aromatic carbocycles. The second-order valence-electron chi connectivity index (χ2n) is 4.22. The van der Waals surface area contributed by atoms with Gasteiger partial charge in [-0.1, -0.05) is 13.0 Å². The number of aliphatic hydroxyl groups excluding tert-OH is 1. The standard InChI is InChI=1S/C13H22N2OS/c1-5-11(9-17-4)15(3)13-12(10(2)16)7-6-8-14-13/h6-8,10-11,16H,5,9H2,1-4H3. The Morgan fingerprint density at radius 3 is 2.76 bits per heavy atom. The van der Waals surface area contributed by atoms with Gasteiger partial charge in [0.15, 0.2) is 0 Å². The van der Waals surface area contributed by atoms with Gasteiger partial charge in [-0.25, -0.2) is 4.98 Å². The summed E-state index contributed by atoms with van der Waals surface area (Å²) in [5.41, 5.74) is 0.898. The van der Waals surface area contributed by atoms with Gasteiger partial charge in [0.1, 0.15) is 5.82 Å². The molecule has 2 atom stereocenters. The first-order valence-corrected chi connectivity index (χ1v) is 7.35. The Balaban J connectivity index is 2.97. The van der Waals surface area contributed by atoms with Crippen molar-refractivity contribution in [1.82, 2.24) is 4.98 Å². The van der Waals surface area contributed by atoms with E-state index in [1.807, 2.05) is 23.9 Å². The first-order valence-electron chi connectivity index (χ1n) is 5.96. The summed E-state index contributed by atoms with van der Waals surface area (Å²) in [4.78, 5) is 6.59. The number of nitrogens with zero attached hydrogens (tertiary/aromatic N) is 2. The average Bonchev–Trinajstić information content (AvgIpc) is 2.35. The molecule has 0 aliphatic heterocycles. The molecule has 1 N–H and O–H groups in total. The van der Waals surface area contributed by atoms with E-state index >= 15 is 0 Å². The van der Waals surface area contributed by atoms with Crippen LogP contribution in [0.2, 0.25) is 0 Å². The maximum Gasteiger partial charge on any atom is 0.134 e. The highest BCUT2D eigenvalue weighted by molar-refractivity contribution is 7.98. The van der Waals surface area contributed by atoms with E-state index < -0.39 is 6.10 Å². The van der Waals surface area contributed by atoms with Crippen molar-refractivity contribution in [3.05, 3.63) is 23.9 Å². The maximum absolute atomic E-state index is 9.77.